The van der Waals surface area contributed by atoms with Crippen LogP contribution in [0.1, 0.15) is 11.1 Å². The van der Waals surface area contributed by atoms with E-state index in [-0.39, 0.29) is 0 Å². The Morgan fingerprint density at radius 3 is 1.78 bits per heavy atom. The van der Waals surface area contributed by atoms with Gasteiger partial charge in [-0.15, -0.1) is 0 Å². The first-order valence-corrected chi connectivity index (χ1v) is 15.2. The van der Waals surface area contributed by atoms with Gasteiger partial charge < -0.3 is 9.15 Å². The summed E-state index contributed by atoms with van der Waals surface area (Å²) >= 11 is 0. The largest absolute Gasteiger partial charge is 0.489 e. The maximum absolute atomic E-state index is 6.34. The van der Waals surface area contributed by atoms with Gasteiger partial charge in [-0.2, -0.15) is 0 Å². The summed E-state index contributed by atoms with van der Waals surface area (Å²) in [5, 5.41) is 2.11. The lowest BCUT2D eigenvalue weighted by Crippen LogP contribution is -1.96. The van der Waals surface area contributed by atoms with Crippen LogP contribution in [0.2, 0.25) is 0 Å². The molecular weight excluding hydrogens is 548 g/mol. The SMILES string of the molecule is C=C1/C=C(c2cccc(-c3ccccc3)c2)\C=C/COc2cc3oc4ccc(-c5cccc(-c6ccccc6)c5)cc4c3cc21. The Morgan fingerprint density at radius 1 is 0.489 bits per heavy atom. The second kappa shape index (κ2) is 11.3. The van der Waals surface area contributed by atoms with Gasteiger partial charge in [0.1, 0.15) is 23.5 Å². The smallest absolute Gasteiger partial charge is 0.139 e. The van der Waals surface area contributed by atoms with Crippen molar-refractivity contribution in [2.45, 2.75) is 0 Å². The molecule has 0 N–H and O–H groups in total. The van der Waals surface area contributed by atoms with E-state index in [1.807, 2.05) is 18.2 Å². The Morgan fingerprint density at radius 2 is 1.07 bits per heavy atom. The molecule has 2 nitrogen and oxygen atoms in total. The van der Waals surface area contributed by atoms with Gasteiger partial charge in [0.15, 0.2) is 0 Å². The monoisotopic (exact) mass is 578 g/mol. The van der Waals surface area contributed by atoms with E-state index in [9.17, 15) is 0 Å². The minimum absolute atomic E-state index is 0.448. The molecule has 45 heavy (non-hydrogen) atoms. The fraction of sp³-hybridized carbons (Fsp3) is 0.0233. The average molecular weight is 579 g/mol. The highest BCUT2D eigenvalue weighted by atomic mass is 16.5. The number of rotatable bonds is 4. The van der Waals surface area contributed by atoms with Crippen molar-refractivity contribution in [3.05, 3.63) is 175 Å². The molecule has 7 aromatic rings. The first-order chi connectivity index (χ1) is 22.2. The minimum Gasteiger partial charge on any atom is -0.489 e. The van der Waals surface area contributed by atoms with Gasteiger partial charge in [-0.05, 0) is 92.6 Å². The van der Waals surface area contributed by atoms with Crippen molar-refractivity contribution in [2.75, 3.05) is 6.61 Å². The maximum Gasteiger partial charge on any atom is 0.139 e. The number of hydrogen-bond donors (Lipinski definition) is 0. The minimum atomic E-state index is 0.448. The molecule has 0 saturated carbocycles. The van der Waals surface area contributed by atoms with E-state index >= 15 is 0 Å². The van der Waals surface area contributed by atoms with Crippen LogP contribution in [-0.2, 0) is 0 Å². The maximum atomic E-state index is 6.34. The lowest BCUT2D eigenvalue weighted by Gasteiger charge is -2.11. The van der Waals surface area contributed by atoms with Crippen molar-refractivity contribution in [2.24, 2.45) is 0 Å². The van der Waals surface area contributed by atoms with Crippen LogP contribution in [0.3, 0.4) is 0 Å². The van der Waals surface area contributed by atoms with E-state index < -0.39 is 0 Å². The molecule has 0 unspecified atom stereocenters. The molecule has 6 aromatic carbocycles. The van der Waals surface area contributed by atoms with Gasteiger partial charge in [0, 0.05) is 22.4 Å². The lowest BCUT2D eigenvalue weighted by molar-refractivity contribution is 0.362. The number of ether oxygens (including phenoxy) is 1. The first kappa shape index (κ1) is 26.7. The second-order valence-corrected chi connectivity index (χ2v) is 11.4. The molecule has 1 aromatic heterocycles. The van der Waals surface area contributed by atoms with Gasteiger partial charge in [0.2, 0.25) is 0 Å². The zero-order valence-electron chi connectivity index (χ0n) is 24.7. The summed E-state index contributed by atoms with van der Waals surface area (Å²) in [6.45, 7) is 4.96. The highest BCUT2D eigenvalue weighted by molar-refractivity contribution is 6.08. The third kappa shape index (κ3) is 5.17. The zero-order valence-corrected chi connectivity index (χ0v) is 24.7. The Labute approximate surface area is 262 Å². The molecular formula is C43H30O2. The van der Waals surface area contributed by atoms with Gasteiger partial charge in [0.25, 0.3) is 0 Å². The summed E-state index contributed by atoms with van der Waals surface area (Å²) in [5.74, 6) is 0.766. The van der Waals surface area contributed by atoms with Crippen molar-refractivity contribution >= 4 is 33.1 Å². The molecule has 214 valence electrons. The average Bonchev–Trinajstić information content (AvgIpc) is 3.49. The summed E-state index contributed by atoms with van der Waals surface area (Å²) in [7, 11) is 0. The Hall–Kier alpha value is -5.86. The highest BCUT2D eigenvalue weighted by Gasteiger charge is 2.16. The number of allylic oxidation sites excluding steroid dienone is 4. The van der Waals surface area contributed by atoms with Crippen molar-refractivity contribution in [1.82, 2.24) is 0 Å². The molecule has 0 fully saturated rings. The molecule has 0 amide bonds. The van der Waals surface area contributed by atoms with E-state index in [4.69, 9.17) is 9.15 Å². The summed E-state index contributed by atoms with van der Waals surface area (Å²) < 4.78 is 12.6. The molecule has 0 bridgehead atoms. The Balaban J connectivity index is 1.20. The Kier molecular flexibility index (Phi) is 6.73. The van der Waals surface area contributed by atoms with Crippen LogP contribution in [-0.4, -0.2) is 6.61 Å². The standard InChI is InChI=1S/C43H30O2/c1-29-23-32(35-17-8-15-33(24-35)30-11-4-2-5-12-30)19-10-22-44-42-28-43-40(27-38(29)42)39-26-37(20-21-41(39)45-43)36-18-9-16-34(25-36)31-13-6-3-7-14-31/h2-21,23-28H,1,22H2/b19-10-,32-23+. The summed E-state index contributed by atoms with van der Waals surface area (Å²) in [4.78, 5) is 0. The third-order valence-corrected chi connectivity index (χ3v) is 8.49. The van der Waals surface area contributed by atoms with Gasteiger partial charge in [0.05, 0.1) is 0 Å². The summed E-state index contributed by atoms with van der Waals surface area (Å²) in [5.41, 5.74) is 12.8. The van der Waals surface area contributed by atoms with Crippen LogP contribution in [0, 0.1) is 0 Å². The van der Waals surface area contributed by atoms with Crippen molar-refractivity contribution in [3.8, 4) is 39.1 Å². The summed E-state index contributed by atoms with van der Waals surface area (Å²) in [6.07, 6.45) is 6.33. The lowest BCUT2D eigenvalue weighted by atomic mass is 9.95. The fourth-order valence-electron chi connectivity index (χ4n) is 6.18. The molecule has 1 aliphatic rings. The molecule has 0 spiro atoms. The molecule has 0 atom stereocenters. The second-order valence-electron chi connectivity index (χ2n) is 11.4. The van der Waals surface area contributed by atoms with Crippen molar-refractivity contribution in [3.63, 3.8) is 0 Å². The van der Waals surface area contributed by atoms with Crippen LogP contribution in [0.4, 0.5) is 0 Å². The van der Waals surface area contributed by atoms with E-state index in [2.05, 4.69) is 146 Å². The predicted octanol–water partition coefficient (Wildman–Crippen LogP) is 11.6. The van der Waals surface area contributed by atoms with Gasteiger partial charge in [-0.3, -0.25) is 0 Å². The number of furan rings is 1. The normalized spacial score (nSPS) is 14.9. The van der Waals surface area contributed by atoms with Gasteiger partial charge >= 0.3 is 0 Å². The van der Waals surface area contributed by atoms with Crippen LogP contribution in [0.15, 0.2) is 169 Å². The van der Waals surface area contributed by atoms with Crippen molar-refractivity contribution < 1.29 is 9.15 Å². The highest BCUT2D eigenvalue weighted by Crippen LogP contribution is 2.40. The van der Waals surface area contributed by atoms with Crippen LogP contribution in [0.5, 0.6) is 5.75 Å². The zero-order chi connectivity index (χ0) is 30.2. The van der Waals surface area contributed by atoms with E-state index in [1.54, 1.807) is 0 Å². The quantitative estimate of drug-likeness (QED) is 0.207. The number of hydrogen-bond acceptors (Lipinski definition) is 2. The predicted molar refractivity (Wildman–Crippen MR) is 188 cm³/mol. The van der Waals surface area contributed by atoms with Gasteiger partial charge in [-0.25, -0.2) is 0 Å². The molecule has 2 heterocycles. The number of fused-ring (bicyclic) bond motifs is 4. The third-order valence-electron chi connectivity index (χ3n) is 8.49. The van der Waals surface area contributed by atoms with Crippen molar-refractivity contribution in [1.29, 1.82) is 0 Å². The summed E-state index contributed by atoms with van der Waals surface area (Å²) in [6, 6.07) is 48.9. The van der Waals surface area contributed by atoms with E-state index in [0.717, 1.165) is 55.5 Å². The van der Waals surface area contributed by atoms with Crippen LogP contribution in [0.25, 0.3) is 66.5 Å². The van der Waals surface area contributed by atoms with Gasteiger partial charge in [-0.1, -0.05) is 116 Å². The molecule has 0 radical (unpaired) electrons. The van der Waals surface area contributed by atoms with Crippen LogP contribution >= 0.6 is 0 Å². The molecule has 1 aliphatic heterocycles. The van der Waals surface area contributed by atoms with Crippen LogP contribution < -0.4 is 4.74 Å². The number of benzene rings is 6. The Bertz CT molecular complexity index is 2270. The first-order valence-electron chi connectivity index (χ1n) is 15.2. The van der Waals surface area contributed by atoms with E-state index in [1.165, 1.54) is 27.8 Å². The molecule has 0 saturated heterocycles. The topological polar surface area (TPSA) is 22.4 Å². The molecule has 8 rings (SSSR count). The van der Waals surface area contributed by atoms with E-state index in [0.29, 0.717) is 6.61 Å². The molecule has 2 heteroatoms. The fourth-order valence-corrected chi connectivity index (χ4v) is 6.18. The molecule has 0 aliphatic carbocycles.